The second-order valence-electron chi connectivity index (χ2n) is 13.4. The van der Waals surface area contributed by atoms with Gasteiger partial charge in [-0.05, 0) is 37.9 Å². The molecule has 1 aromatic rings. The van der Waals surface area contributed by atoms with Crippen molar-refractivity contribution >= 4 is 11.8 Å². The third-order valence-corrected chi connectivity index (χ3v) is 9.76. The third kappa shape index (κ3) is 14.9. The Balaban J connectivity index is 0.00000675. The number of carbonyl (C=O) groups excluding carboxylic acids is 2. The molecule has 1 aromatic carbocycles. The van der Waals surface area contributed by atoms with Gasteiger partial charge in [0.2, 0.25) is 0 Å². The number of rotatable bonds is 27. The number of nitrogens with zero attached hydrogens (tertiary/aromatic N) is 2. The molecular weight excluding hydrogens is 610 g/mol. The monoisotopic (exact) mass is 674 g/mol. The Morgan fingerprint density at radius 2 is 1.00 bits per heavy atom. The minimum Gasteiger partial charge on any atom is -1.00 e. The summed E-state index contributed by atoms with van der Waals surface area (Å²) >= 11 is 0. The Labute approximate surface area is 281 Å². The van der Waals surface area contributed by atoms with Crippen LogP contribution in [0.25, 0.3) is 0 Å². The van der Waals surface area contributed by atoms with Crippen molar-refractivity contribution in [1.82, 2.24) is 15.1 Å². The highest BCUT2D eigenvalue weighted by Crippen LogP contribution is 2.23. The van der Waals surface area contributed by atoms with Gasteiger partial charge in [-0.15, -0.1) is 0 Å². The molecule has 0 radical (unpaired) electrons. The predicted molar refractivity (Wildman–Crippen MR) is 182 cm³/mol. The van der Waals surface area contributed by atoms with Crippen molar-refractivity contribution in [3.63, 3.8) is 0 Å². The Morgan fingerprint density at radius 3 is 1.48 bits per heavy atom. The van der Waals surface area contributed by atoms with Crippen molar-refractivity contribution in [3.8, 4) is 0 Å². The standard InChI is InChI=1S/C38H65N3O2.BrH/c1-2-3-4-5-6-7-8-9-10-11-12-13-16-19-22-29-36-39-30-33-40(36)31-25-20-17-14-15-18-21-26-32-41-37(42)34-27-23-24-28-35(34)38(41)43;/h23-24,27-28,36,39H,2-22,25-26,29-33H2,1H3;1H/p-1. The van der Waals surface area contributed by atoms with Crippen LogP contribution in [0.2, 0.25) is 0 Å². The van der Waals surface area contributed by atoms with Crippen LogP contribution >= 0.6 is 0 Å². The van der Waals surface area contributed by atoms with E-state index in [0.717, 1.165) is 19.4 Å². The molecule has 44 heavy (non-hydrogen) atoms. The molecular formula is C38H65BrN3O2-. The first-order valence-electron chi connectivity index (χ1n) is 18.6. The summed E-state index contributed by atoms with van der Waals surface area (Å²) in [6, 6.07) is 7.18. The summed E-state index contributed by atoms with van der Waals surface area (Å²) < 4.78 is 0. The quantitative estimate of drug-likeness (QED) is 0.0815. The van der Waals surface area contributed by atoms with Crippen LogP contribution in [0.3, 0.4) is 0 Å². The van der Waals surface area contributed by atoms with E-state index in [9.17, 15) is 9.59 Å². The average Bonchev–Trinajstić information content (AvgIpc) is 3.57. The van der Waals surface area contributed by atoms with Crippen LogP contribution in [0.1, 0.15) is 182 Å². The number of imide groups is 1. The van der Waals surface area contributed by atoms with Crippen molar-refractivity contribution < 1.29 is 26.6 Å². The molecule has 252 valence electrons. The molecule has 1 saturated heterocycles. The van der Waals surface area contributed by atoms with Gasteiger partial charge in [-0.25, -0.2) is 0 Å². The summed E-state index contributed by atoms with van der Waals surface area (Å²) in [5.41, 5.74) is 1.13. The molecule has 0 bridgehead atoms. The summed E-state index contributed by atoms with van der Waals surface area (Å²) in [6.45, 7) is 6.47. The highest BCUT2D eigenvalue weighted by atomic mass is 79.9. The molecule has 0 aromatic heterocycles. The van der Waals surface area contributed by atoms with Gasteiger partial charge in [0.05, 0.1) is 17.3 Å². The zero-order valence-corrected chi connectivity index (χ0v) is 29.9. The van der Waals surface area contributed by atoms with Crippen molar-refractivity contribution in [2.45, 2.75) is 167 Å². The van der Waals surface area contributed by atoms with Gasteiger partial charge in [-0.2, -0.15) is 0 Å². The summed E-state index contributed by atoms with van der Waals surface area (Å²) in [6.07, 6.45) is 33.2. The predicted octanol–water partition coefficient (Wildman–Crippen LogP) is 6.90. The number of fused-ring (bicyclic) bond motifs is 1. The molecule has 1 atom stereocenters. The lowest BCUT2D eigenvalue weighted by molar-refractivity contribution is -0.0000324. The van der Waals surface area contributed by atoms with Gasteiger partial charge in [-0.1, -0.05) is 154 Å². The van der Waals surface area contributed by atoms with Gasteiger partial charge >= 0.3 is 0 Å². The average molecular weight is 676 g/mol. The molecule has 6 heteroatoms. The number of hydrogen-bond acceptors (Lipinski definition) is 4. The summed E-state index contributed by atoms with van der Waals surface area (Å²) in [4.78, 5) is 29.0. The summed E-state index contributed by atoms with van der Waals surface area (Å²) in [7, 11) is 0. The normalized spacial score (nSPS) is 16.6. The highest BCUT2D eigenvalue weighted by Gasteiger charge is 2.34. The maximum Gasteiger partial charge on any atom is 0.261 e. The number of benzene rings is 1. The maximum absolute atomic E-state index is 12.5. The molecule has 0 spiro atoms. The van der Waals surface area contributed by atoms with Gasteiger partial charge in [0.15, 0.2) is 0 Å². The Morgan fingerprint density at radius 1 is 0.591 bits per heavy atom. The molecule has 1 unspecified atom stereocenters. The van der Waals surface area contributed by atoms with Crippen LogP contribution in [0.4, 0.5) is 0 Å². The number of amides is 2. The number of unbranched alkanes of at least 4 members (excludes halogenated alkanes) is 21. The van der Waals surface area contributed by atoms with Crippen LogP contribution in [-0.2, 0) is 0 Å². The van der Waals surface area contributed by atoms with Crippen molar-refractivity contribution in [2.75, 3.05) is 26.2 Å². The van der Waals surface area contributed by atoms with Crippen LogP contribution in [0.15, 0.2) is 24.3 Å². The highest BCUT2D eigenvalue weighted by molar-refractivity contribution is 6.21. The van der Waals surface area contributed by atoms with Gasteiger partial charge in [0, 0.05) is 19.6 Å². The van der Waals surface area contributed by atoms with E-state index in [1.807, 2.05) is 12.1 Å². The fourth-order valence-electron chi connectivity index (χ4n) is 7.01. The van der Waals surface area contributed by atoms with Gasteiger partial charge in [-0.3, -0.25) is 19.4 Å². The number of nitrogens with one attached hydrogen (secondary N) is 1. The van der Waals surface area contributed by atoms with E-state index in [4.69, 9.17) is 0 Å². The zero-order chi connectivity index (χ0) is 30.4. The van der Waals surface area contributed by atoms with Crippen LogP contribution in [0, 0.1) is 0 Å². The maximum atomic E-state index is 12.5. The first kappa shape index (κ1) is 38.9. The Kier molecular flexibility index (Phi) is 22.1. The van der Waals surface area contributed by atoms with E-state index < -0.39 is 0 Å². The lowest BCUT2D eigenvalue weighted by Crippen LogP contribution is -3.00. The van der Waals surface area contributed by atoms with Gasteiger partial charge in [0.1, 0.15) is 0 Å². The zero-order valence-electron chi connectivity index (χ0n) is 28.3. The van der Waals surface area contributed by atoms with E-state index in [2.05, 4.69) is 17.1 Å². The Hall–Kier alpha value is -1.24. The summed E-state index contributed by atoms with van der Waals surface area (Å²) in [5, 5.41) is 3.75. The Bertz CT molecular complexity index is 860. The minimum absolute atomic E-state index is 0. The largest absolute Gasteiger partial charge is 1.00 e. The molecule has 1 N–H and O–H groups in total. The third-order valence-electron chi connectivity index (χ3n) is 9.76. The number of carbonyl (C=O) groups is 2. The van der Waals surface area contributed by atoms with Crippen LogP contribution in [0.5, 0.6) is 0 Å². The SMILES string of the molecule is CCCCCCCCCCCCCCCCCC1NCCN1CCCCCCCCCCN1C(=O)c2ccccc2C1=O.[Br-]. The molecule has 3 rings (SSSR count). The first-order chi connectivity index (χ1) is 21.2. The van der Waals surface area contributed by atoms with E-state index in [-0.39, 0.29) is 28.8 Å². The van der Waals surface area contributed by atoms with Crippen LogP contribution < -0.4 is 22.3 Å². The second-order valence-corrected chi connectivity index (χ2v) is 13.4. The molecule has 2 aliphatic rings. The van der Waals surface area contributed by atoms with E-state index >= 15 is 0 Å². The van der Waals surface area contributed by atoms with E-state index in [1.54, 1.807) is 12.1 Å². The first-order valence-corrected chi connectivity index (χ1v) is 18.6. The minimum atomic E-state index is -0.120. The molecule has 1 fully saturated rings. The molecule has 2 aliphatic heterocycles. The molecule has 0 aliphatic carbocycles. The van der Waals surface area contributed by atoms with Crippen LogP contribution in [-0.4, -0.2) is 54.0 Å². The lowest BCUT2D eigenvalue weighted by Gasteiger charge is -2.24. The van der Waals surface area contributed by atoms with Gasteiger partial charge < -0.3 is 22.3 Å². The number of hydrogen-bond donors (Lipinski definition) is 1. The fraction of sp³-hybridized carbons (Fsp3) is 0.789. The molecule has 5 nitrogen and oxygen atoms in total. The van der Waals surface area contributed by atoms with E-state index in [1.165, 1.54) is 159 Å². The van der Waals surface area contributed by atoms with E-state index in [0.29, 0.717) is 23.8 Å². The molecule has 2 heterocycles. The van der Waals surface area contributed by atoms with Crippen molar-refractivity contribution in [1.29, 1.82) is 0 Å². The fourth-order valence-corrected chi connectivity index (χ4v) is 7.01. The summed E-state index contributed by atoms with van der Waals surface area (Å²) in [5.74, 6) is -0.239. The van der Waals surface area contributed by atoms with Crippen molar-refractivity contribution in [3.05, 3.63) is 35.4 Å². The second kappa shape index (κ2) is 24.9. The number of halogens is 1. The van der Waals surface area contributed by atoms with Crippen molar-refractivity contribution in [2.24, 2.45) is 0 Å². The lowest BCUT2D eigenvalue weighted by atomic mass is 10.0. The molecule has 0 saturated carbocycles. The van der Waals surface area contributed by atoms with Gasteiger partial charge in [0.25, 0.3) is 11.8 Å². The topological polar surface area (TPSA) is 52.6 Å². The smallest absolute Gasteiger partial charge is 0.261 e. The molecule has 2 amide bonds.